The van der Waals surface area contributed by atoms with Crippen molar-refractivity contribution in [3.8, 4) is 0 Å². The van der Waals surface area contributed by atoms with Crippen molar-refractivity contribution in [1.29, 1.82) is 0 Å². The second kappa shape index (κ2) is 5.46. The highest BCUT2D eigenvalue weighted by molar-refractivity contribution is 9.10. The minimum absolute atomic E-state index is 0.111. The van der Waals surface area contributed by atoms with Crippen LogP contribution in [0.4, 0.5) is 0 Å². The summed E-state index contributed by atoms with van der Waals surface area (Å²) in [7, 11) is -3.59. The van der Waals surface area contributed by atoms with Crippen LogP contribution in [0.5, 0.6) is 0 Å². The second-order valence-corrected chi connectivity index (χ2v) is 6.19. The monoisotopic (exact) mass is 326 g/mol. The quantitative estimate of drug-likeness (QED) is 0.884. The number of nitrogens with one attached hydrogen (secondary N) is 1. The Kier molecular flexibility index (Phi) is 4.75. The van der Waals surface area contributed by atoms with Gasteiger partial charge in [0.25, 0.3) is 0 Å². The Morgan fingerprint density at radius 1 is 1.56 bits per heavy atom. The lowest BCUT2D eigenvalue weighted by atomic mass is 10.4. The molecule has 0 aromatic heterocycles. The molecule has 0 aliphatic rings. The van der Waals surface area contributed by atoms with Gasteiger partial charge in [-0.15, -0.1) is 0 Å². The van der Waals surface area contributed by atoms with Crippen molar-refractivity contribution in [2.24, 2.45) is 5.73 Å². The van der Waals surface area contributed by atoms with Crippen LogP contribution in [0.2, 0.25) is 5.02 Å². The highest BCUT2D eigenvalue weighted by atomic mass is 79.9. The summed E-state index contributed by atoms with van der Waals surface area (Å²) in [5, 5.41) is 0.350. The zero-order valence-corrected chi connectivity index (χ0v) is 11.7. The van der Waals surface area contributed by atoms with E-state index < -0.39 is 10.0 Å². The summed E-state index contributed by atoms with van der Waals surface area (Å²) >= 11 is 8.97. The van der Waals surface area contributed by atoms with E-state index in [0.717, 1.165) is 0 Å². The van der Waals surface area contributed by atoms with E-state index in [1.807, 2.05) is 0 Å². The zero-order valence-electron chi connectivity index (χ0n) is 8.57. The molecule has 0 radical (unpaired) electrons. The van der Waals surface area contributed by atoms with E-state index in [0.29, 0.717) is 9.50 Å². The molecule has 3 N–H and O–H groups in total. The standard InChI is InChI=1S/C9H12BrClN2O2S/c1-6(5-12)13-16(14,15)8-4-2-3-7(11)9(8)10/h2-4,6,13H,5,12H2,1H3/t6-/m0/s1. The Morgan fingerprint density at radius 3 is 2.75 bits per heavy atom. The predicted molar refractivity (Wildman–Crippen MR) is 68.0 cm³/mol. The molecule has 0 aliphatic heterocycles. The number of hydrogen-bond acceptors (Lipinski definition) is 3. The number of benzene rings is 1. The molecule has 16 heavy (non-hydrogen) atoms. The highest BCUT2D eigenvalue weighted by Crippen LogP contribution is 2.29. The maximum atomic E-state index is 11.9. The Bertz CT molecular complexity index is 478. The van der Waals surface area contributed by atoms with Gasteiger partial charge in [-0.25, -0.2) is 13.1 Å². The first-order valence-electron chi connectivity index (χ1n) is 4.55. The summed E-state index contributed by atoms with van der Waals surface area (Å²) in [5.74, 6) is 0. The van der Waals surface area contributed by atoms with E-state index in [-0.39, 0.29) is 17.5 Å². The fraction of sp³-hybridized carbons (Fsp3) is 0.333. The summed E-state index contributed by atoms with van der Waals surface area (Å²) in [6.07, 6.45) is 0. The summed E-state index contributed by atoms with van der Waals surface area (Å²) in [6, 6.07) is 4.34. The van der Waals surface area contributed by atoms with Gasteiger partial charge in [0.2, 0.25) is 10.0 Å². The predicted octanol–water partition coefficient (Wildman–Crippen LogP) is 1.73. The van der Waals surface area contributed by atoms with Crippen LogP contribution in [0.25, 0.3) is 0 Å². The highest BCUT2D eigenvalue weighted by Gasteiger charge is 2.20. The maximum absolute atomic E-state index is 11.9. The molecule has 0 spiro atoms. The SMILES string of the molecule is C[C@@H](CN)NS(=O)(=O)c1cccc(Cl)c1Br. The van der Waals surface area contributed by atoms with Gasteiger partial charge < -0.3 is 5.73 Å². The molecule has 0 saturated carbocycles. The molecule has 0 heterocycles. The Labute approximate surface area is 108 Å². The van der Waals surface area contributed by atoms with Gasteiger partial charge in [0, 0.05) is 12.6 Å². The van der Waals surface area contributed by atoms with Gasteiger partial charge in [-0.05, 0) is 35.0 Å². The third kappa shape index (κ3) is 3.18. The molecule has 0 unspecified atom stereocenters. The Hall–Kier alpha value is -0.140. The van der Waals surface area contributed by atoms with E-state index in [1.165, 1.54) is 6.07 Å². The van der Waals surface area contributed by atoms with Gasteiger partial charge >= 0.3 is 0 Å². The number of sulfonamides is 1. The molecular formula is C9H12BrClN2O2S. The topological polar surface area (TPSA) is 72.2 Å². The third-order valence-corrected chi connectivity index (χ3v) is 5.21. The Balaban J connectivity index is 3.13. The minimum Gasteiger partial charge on any atom is -0.329 e. The van der Waals surface area contributed by atoms with Crippen molar-refractivity contribution in [3.05, 3.63) is 27.7 Å². The maximum Gasteiger partial charge on any atom is 0.242 e. The van der Waals surface area contributed by atoms with Crippen molar-refractivity contribution in [1.82, 2.24) is 4.72 Å². The van der Waals surface area contributed by atoms with Crippen LogP contribution in [0.15, 0.2) is 27.6 Å². The van der Waals surface area contributed by atoms with Crippen LogP contribution >= 0.6 is 27.5 Å². The summed E-state index contributed by atoms with van der Waals surface area (Å²) in [5.41, 5.74) is 5.36. The molecule has 0 saturated heterocycles. The van der Waals surface area contributed by atoms with Crippen molar-refractivity contribution >= 4 is 37.6 Å². The number of halogens is 2. The van der Waals surface area contributed by atoms with Crippen LogP contribution in [0, 0.1) is 0 Å². The van der Waals surface area contributed by atoms with E-state index >= 15 is 0 Å². The normalized spacial score (nSPS) is 13.8. The van der Waals surface area contributed by atoms with Gasteiger partial charge in [0.1, 0.15) is 0 Å². The van der Waals surface area contributed by atoms with E-state index in [4.69, 9.17) is 17.3 Å². The lowest BCUT2D eigenvalue weighted by Crippen LogP contribution is -2.37. The summed E-state index contributed by atoms with van der Waals surface area (Å²) in [4.78, 5) is 0.111. The van der Waals surface area contributed by atoms with E-state index in [1.54, 1.807) is 19.1 Å². The van der Waals surface area contributed by atoms with Gasteiger partial charge in [0.15, 0.2) is 0 Å². The van der Waals surface area contributed by atoms with Gasteiger partial charge in [-0.1, -0.05) is 17.7 Å². The average Bonchev–Trinajstić information content (AvgIpc) is 2.21. The first kappa shape index (κ1) is 13.9. The minimum atomic E-state index is -3.59. The summed E-state index contributed by atoms with van der Waals surface area (Å²) in [6.45, 7) is 1.92. The number of rotatable bonds is 4. The fourth-order valence-corrected chi connectivity index (χ4v) is 3.56. The number of hydrogen-bond donors (Lipinski definition) is 2. The first-order valence-corrected chi connectivity index (χ1v) is 7.20. The molecule has 4 nitrogen and oxygen atoms in total. The molecule has 0 bridgehead atoms. The molecule has 1 rings (SSSR count). The van der Waals surface area contributed by atoms with Crippen molar-refractivity contribution < 1.29 is 8.42 Å². The smallest absolute Gasteiger partial charge is 0.242 e. The molecular weight excluding hydrogens is 316 g/mol. The molecule has 90 valence electrons. The average molecular weight is 328 g/mol. The molecule has 0 amide bonds. The molecule has 1 aromatic rings. The van der Waals surface area contributed by atoms with Crippen LogP contribution < -0.4 is 10.5 Å². The molecule has 1 aromatic carbocycles. The van der Waals surface area contributed by atoms with Crippen LogP contribution in [0.3, 0.4) is 0 Å². The summed E-state index contributed by atoms with van der Waals surface area (Å²) < 4.78 is 26.6. The van der Waals surface area contributed by atoms with Crippen LogP contribution in [0.1, 0.15) is 6.92 Å². The van der Waals surface area contributed by atoms with E-state index in [2.05, 4.69) is 20.7 Å². The lowest BCUT2D eigenvalue weighted by Gasteiger charge is -2.13. The fourth-order valence-electron chi connectivity index (χ4n) is 1.07. The van der Waals surface area contributed by atoms with Gasteiger partial charge in [-0.3, -0.25) is 0 Å². The van der Waals surface area contributed by atoms with Gasteiger partial charge in [-0.2, -0.15) is 0 Å². The molecule has 1 atom stereocenters. The van der Waals surface area contributed by atoms with Crippen molar-refractivity contribution in [2.75, 3.05) is 6.54 Å². The zero-order chi connectivity index (χ0) is 12.3. The van der Waals surface area contributed by atoms with Crippen molar-refractivity contribution in [2.45, 2.75) is 17.9 Å². The molecule has 0 aliphatic carbocycles. The lowest BCUT2D eigenvalue weighted by molar-refractivity contribution is 0.562. The second-order valence-electron chi connectivity index (χ2n) is 3.31. The van der Waals surface area contributed by atoms with Crippen LogP contribution in [-0.4, -0.2) is 21.0 Å². The van der Waals surface area contributed by atoms with E-state index in [9.17, 15) is 8.42 Å². The Morgan fingerprint density at radius 2 is 2.19 bits per heavy atom. The number of nitrogens with two attached hydrogens (primary N) is 1. The largest absolute Gasteiger partial charge is 0.329 e. The third-order valence-electron chi connectivity index (χ3n) is 1.92. The van der Waals surface area contributed by atoms with Crippen LogP contribution in [-0.2, 0) is 10.0 Å². The van der Waals surface area contributed by atoms with Gasteiger partial charge in [0.05, 0.1) is 14.4 Å². The first-order chi connectivity index (χ1) is 7.38. The molecule has 0 fully saturated rings. The van der Waals surface area contributed by atoms with Crippen molar-refractivity contribution in [3.63, 3.8) is 0 Å². The molecule has 7 heteroatoms.